The molecular weight excluding hydrogens is 408 g/mol. The number of hydrogen-bond donors (Lipinski definition) is 1. The molecule has 28 heavy (non-hydrogen) atoms. The summed E-state index contributed by atoms with van der Waals surface area (Å²) in [5, 5.41) is 10.2. The number of sulfonamides is 1. The summed E-state index contributed by atoms with van der Waals surface area (Å²) in [5.41, 5.74) is 4.59. The molecule has 1 aromatic carbocycles. The molecule has 2 heterocycles. The minimum absolute atomic E-state index is 0.0118. The number of thiazole rings is 1. The van der Waals surface area contributed by atoms with Crippen molar-refractivity contribution < 1.29 is 17.2 Å². The summed E-state index contributed by atoms with van der Waals surface area (Å²) in [6.45, 7) is 1.45. The van der Waals surface area contributed by atoms with Gasteiger partial charge in [0.05, 0.1) is 5.75 Å². The van der Waals surface area contributed by atoms with E-state index in [1.54, 1.807) is 0 Å². The number of hydrogen-bond acceptors (Lipinski definition) is 7. The first-order valence-corrected chi connectivity index (χ1v) is 10.4. The van der Waals surface area contributed by atoms with Crippen LogP contribution >= 0.6 is 11.3 Å². The van der Waals surface area contributed by atoms with E-state index in [1.807, 2.05) is 6.07 Å². The summed E-state index contributed by atoms with van der Waals surface area (Å²) < 4.78 is 54.4. The Labute approximate surface area is 164 Å². The molecule has 0 fully saturated rings. The number of nitriles is 1. The summed E-state index contributed by atoms with van der Waals surface area (Å²) in [6, 6.07) is 5.59. The molecule has 0 unspecified atom stereocenters. The zero-order chi connectivity index (χ0) is 20.7. The average molecular weight is 423 g/mol. The first-order valence-electron chi connectivity index (χ1n) is 7.91. The Morgan fingerprint density at radius 2 is 2.21 bits per heavy atom. The molecule has 0 spiro atoms. The number of halogens is 2. The fourth-order valence-electron chi connectivity index (χ4n) is 2.78. The van der Waals surface area contributed by atoms with Gasteiger partial charge in [-0.1, -0.05) is 6.07 Å². The van der Waals surface area contributed by atoms with Crippen molar-refractivity contribution in [2.45, 2.75) is 12.5 Å². The van der Waals surface area contributed by atoms with Crippen LogP contribution < -0.4 is 5.73 Å². The maximum absolute atomic E-state index is 14.5. The Balaban J connectivity index is 2.05. The van der Waals surface area contributed by atoms with E-state index in [0.29, 0.717) is 0 Å². The van der Waals surface area contributed by atoms with Gasteiger partial charge in [0.2, 0.25) is 16.0 Å². The Hall–Kier alpha value is -2.84. The van der Waals surface area contributed by atoms with Gasteiger partial charge >= 0.3 is 0 Å². The molecule has 3 rings (SSSR count). The molecule has 11 heteroatoms. The lowest BCUT2D eigenvalue weighted by atomic mass is 9.92. The molecule has 7 nitrogen and oxygen atoms in total. The summed E-state index contributed by atoms with van der Waals surface area (Å²) in [5.74, 6) is -2.13. The van der Waals surface area contributed by atoms with Crippen LogP contribution in [0.5, 0.6) is 0 Å². The summed E-state index contributed by atoms with van der Waals surface area (Å²) in [6.07, 6.45) is 1.13. The number of aliphatic imine (C=N–C) groups is 1. The highest BCUT2D eigenvalue weighted by Gasteiger charge is 2.41. The number of nitrogens with two attached hydrogens (primary N) is 1. The molecule has 0 radical (unpaired) electrons. The third kappa shape index (κ3) is 3.61. The topological polar surface area (TPSA) is 112 Å². The van der Waals surface area contributed by atoms with Gasteiger partial charge in [0, 0.05) is 18.0 Å². The second kappa shape index (κ2) is 6.96. The van der Waals surface area contributed by atoms with Crippen LogP contribution in [0.2, 0.25) is 0 Å². The summed E-state index contributed by atoms with van der Waals surface area (Å²) in [7, 11) is -2.51. The predicted octanol–water partition coefficient (Wildman–Crippen LogP) is 2.43. The third-order valence-electron chi connectivity index (χ3n) is 4.25. The van der Waals surface area contributed by atoms with E-state index in [0.717, 1.165) is 27.8 Å². The molecule has 2 N–H and O–H groups in total. The van der Waals surface area contributed by atoms with Gasteiger partial charge in [-0.25, -0.2) is 31.5 Å². The minimum atomic E-state index is -3.78. The highest BCUT2D eigenvalue weighted by atomic mass is 32.2. The minimum Gasteiger partial charge on any atom is -0.369 e. The van der Waals surface area contributed by atoms with Gasteiger partial charge in [-0.15, -0.1) is 11.3 Å². The fourth-order valence-corrected chi connectivity index (χ4v) is 4.88. The van der Waals surface area contributed by atoms with Crippen LogP contribution in [0.15, 0.2) is 28.6 Å². The normalized spacial score (nSPS) is 21.9. The Kier molecular flexibility index (Phi) is 4.95. The van der Waals surface area contributed by atoms with E-state index in [2.05, 4.69) is 9.98 Å². The second-order valence-corrected chi connectivity index (χ2v) is 9.21. The van der Waals surface area contributed by atoms with Gasteiger partial charge in [0.1, 0.15) is 17.4 Å². The van der Waals surface area contributed by atoms with Gasteiger partial charge in [0.25, 0.3) is 0 Å². The number of benzene rings is 1. The maximum Gasteiger partial charge on any atom is 0.239 e. The Morgan fingerprint density at radius 1 is 1.50 bits per heavy atom. The lowest BCUT2D eigenvalue weighted by Gasteiger charge is -2.34. The van der Waals surface area contributed by atoms with Crippen molar-refractivity contribution >= 4 is 39.2 Å². The van der Waals surface area contributed by atoms with E-state index >= 15 is 0 Å². The molecular formula is C17H15F2N5O2S2. The van der Waals surface area contributed by atoms with E-state index in [-0.39, 0.29) is 27.8 Å². The first kappa shape index (κ1) is 19.9. The SMILES string of the molecule is CN1C(N)=N[C@](C)(c2cc(/C=C(\F)c3nc(C#N)cs3)ccc2F)CS1(=O)=O. The van der Waals surface area contributed by atoms with E-state index in [4.69, 9.17) is 11.0 Å². The molecule has 1 atom stereocenters. The van der Waals surface area contributed by atoms with Crippen LogP contribution in [-0.4, -0.2) is 36.5 Å². The van der Waals surface area contributed by atoms with Crippen LogP contribution in [0.1, 0.15) is 28.8 Å². The van der Waals surface area contributed by atoms with E-state index in [1.165, 1.54) is 31.5 Å². The second-order valence-electron chi connectivity index (χ2n) is 6.35. The molecule has 1 aromatic heterocycles. The smallest absolute Gasteiger partial charge is 0.239 e. The molecule has 0 amide bonds. The lowest BCUT2D eigenvalue weighted by Crippen LogP contribution is -2.50. The highest BCUT2D eigenvalue weighted by molar-refractivity contribution is 7.89. The third-order valence-corrected chi connectivity index (χ3v) is 7.05. The molecule has 146 valence electrons. The van der Waals surface area contributed by atoms with Crippen molar-refractivity contribution in [3.8, 4) is 6.07 Å². The van der Waals surface area contributed by atoms with Crippen molar-refractivity contribution in [1.82, 2.24) is 9.29 Å². The molecule has 1 aliphatic heterocycles. The van der Waals surface area contributed by atoms with Crippen molar-refractivity contribution in [2.75, 3.05) is 12.8 Å². The first-order chi connectivity index (χ1) is 13.1. The van der Waals surface area contributed by atoms with Gasteiger partial charge in [0.15, 0.2) is 16.5 Å². The zero-order valence-electron chi connectivity index (χ0n) is 14.8. The van der Waals surface area contributed by atoms with E-state index < -0.39 is 33.0 Å². The summed E-state index contributed by atoms with van der Waals surface area (Å²) >= 11 is 0.962. The van der Waals surface area contributed by atoms with Gasteiger partial charge in [-0.05, 0) is 30.7 Å². The van der Waals surface area contributed by atoms with Crippen LogP contribution in [0.25, 0.3) is 11.9 Å². The Bertz CT molecular complexity index is 1150. The van der Waals surface area contributed by atoms with Crippen LogP contribution in [0.3, 0.4) is 0 Å². The van der Waals surface area contributed by atoms with Gasteiger partial charge in [-0.2, -0.15) is 5.26 Å². The van der Waals surface area contributed by atoms with Crippen LogP contribution in [0.4, 0.5) is 8.78 Å². The highest BCUT2D eigenvalue weighted by Crippen LogP contribution is 2.34. The fraction of sp³-hybridized carbons (Fsp3) is 0.235. The molecule has 0 saturated heterocycles. The molecule has 2 aromatic rings. The van der Waals surface area contributed by atoms with Gasteiger partial charge in [-0.3, -0.25) is 0 Å². The molecule has 0 saturated carbocycles. The largest absolute Gasteiger partial charge is 0.369 e. The number of nitrogens with zero attached hydrogens (tertiary/aromatic N) is 4. The van der Waals surface area contributed by atoms with Crippen molar-refractivity contribution in [2.24, 2.45) is 10.7 Å². The maximum atomic E-state index is 14.5. The van der Waals surface area contributed by atoms with Gasteiger partial charge < -0.3 is 5.73 Å². The van der Waals surface area contributed by atoms with Crippen molar-refractivity contribution in [3.63, 3.8) is 0 Å². The van der Waals surface area contributed by atoms with Crippen molar-refractivity contribution in [3.05, 3.63) is 51.2 Å². The van der Waals surface area contributed by atoms with E-state index in [9.17, 15) is 17.2 Å². The average Bonchev–Trinajstić information content (AvgIpc) is 3.10. The lowest BCUT2D eigenvalue weighted by molar-refractivity contribution is 0.458. The van der Waals surface area contributed by atoms with Crippen molar-refractivity contribution in [1.29, 1.82) is 5.26 Å². The summed E-state index contributed by atoms with van der Waals surface area (Å²) in [4.78, 5) is 7.98. The molecule has 0 bridgehead atoms. The quantitative estimate of drug-likeness (QED) is 0.815. The van der Waals surface area contributed by atoms with Crippen LogP contribution in [-0.2, 0) is 15.6 Å². The zero-order valence-corrected chi connectivity index (χ0v) is 16.5. The number of guanidine groups is 1. The van der Waals surface area contributed by atoms with Crippen LogP contribution in [0, 0.1) is 17.1 Å². The number of rotatable bonds is 3. The standard InChI is InChI=1S/C17H15F2N5O2S2/c1-17(9-28(25,26)24(2)16(21)23-17)12-5-10(3-4-13(12)18)6-14(19)15-22-11(7-20)8-27-15/h3-6,8H,9H2,1-2H3,(H2,21,23)/b14-6-/t17-/m0/s1. The Morgan fingerprint density at radius 3 is 2.82 bits per heavy atom. The molecule has 1 aliphatic rings. The predicted molar refractivity (Wildman–Crippen MR) is 103 cm³/mol. The number of aromatic nitrogens is 1. The molecule has 0 aliphatic carbocycles. The monoisotopic (exact) mass is 423 g/mol.